The topological polar surface area (TPSA) is 0 Å². The number of allylic oxidation sites excluding steroid dienone is 8. The van der Waals surface area contributed by atoms with E-state index in [1.54, 1.807) is 0 Å². The maximum absolute atomic E-state index is 2.34. The van der Waals surface area contributed by atoms with Crippen molar-refractivity contribution in [2.75, 3.05) is 0 Å². The zero-order valence-corrected chi connectivity index (χ0v) is 15.9. The largest absolute Gasteiger partial charge is 1.00 e. The molecule has 0 spiro atoms. The predicted molar refractivity (Wildman–Crippen MR) is 82.7 cm³/mol. The monoisotopic (exact) mass is 381 g/mol. The van der Waals surface area contributed by atoms with Gasteiger partial charge in [0.15, 0.2) is 0 Å². The van der Waals surface area contributed by atoms with Crippen LogP contribution >= 0.6 is 0 Å². The molecule has 0 aromatic carbocycles. The van der Waals surface area contributed by atoms with Crippen LogP contribution in [0.2, 0.25) is 0 Å². The fraction of sp³-hybridized carbons (Fsp3) is 0.556. The minimum Gasteiger partial charge on any atom is -1.00 e. The first kappa shape index (κ1) is 22.2. The molecule has 0 unspecified atom stereocenters. The SMILES string of the molecule is C1=CCCC=CCC1.CC1=CC(C)(C)C(C)=C1C.[Cl-].[Ru]. The summed E-state index contributed by atoms with van der Waals surface area (Å²) in [4.78, 5) is 0. The molecule has 2 aliphatic carbocycles. The van der Waals surface area contributed by atoms with Crippen molar-refractivity contribution in [2.45, 2.75) is 60.3 Å². The van der Waals surface area contributed by atoms with Crippen molar-refractivity contribution in [3.8, 4) is 0 Å². The molecule has 0 aliphatic heterocycles. The molecule has 0 nitrogen and oxygen atoms in total. The van der Waals surface area contributed by atoms with Crippen molar-refractivity contribution < 1.29 is 31.9 Å². The Morgan fingerprint density at radius 3 is 1.30 bits per heavy atom. The Morgan fingerprint density at radius 2 is 1.15 bits per heavy atom. The zero-order valence-electron chi connectivity index (χ0n) is 13.4. The second kappa shape index (κ2) is 10.6. The van der Waals surface area contributed by atoms with Crippen molar-refractivity contribution in [3.63, 3.8) is 0 Å². The Balaban J connectivity index is 0. The second-order valence-electron chi connectivity index (χ2n) is 5.90. The third-order valence-electron chi connectivity index (χ3n) is 4.03. The summed E-state index contributed by atoms with van der Waals surface area (Å²) in [6, 6.07) is 0. The van der Waals surface area contributed by atoms with Gasteiger partial charge in [-0.2, -0.15) is 0 Å². The van der Waals surface area contributed by atoms with Crippen molar-refractivity contribution in [1.82, 2.24) is 0 Å². The van der Waals surface area contributed by atoms with E-state index in [1.807, 2.05) is 0 Å². The normalized spacial score (nSPS) is 19.8. The molecule has 0 fully saturated rings. The van der Waals surface area contributed by atoms with Gasteiger partial charge in [-0.1, -0.05) is 55.4 Å². The minimum atomic E-state index is 0. The number of hydrogen-bond acceptors (Lipinski definition) is 0. The van der Waals surface area contributed by atoms with Gasteiger partial charge in [0, 0.05) is 24.9 Å². The van der Waals surface area contributed by atoms with Crippen molar-refractivity contribution in [2.24, 2.45) is 5.41 Å². The first-order valence-electron chi connectivity index (χ1n) is 7.13. The Bertz CT molecular complexity index is 372. The van der Waals surface area contributed by atoms with E-state index in [2.05, 4.69) is 65.0 Å². The van der Waals surface area contributed by atoms with Crippen LogP contribution in [0.5, 0.6) is 0 Å². The van der Waals surface area contributed by atoms with Crippen LogP contribution in [-0.2, 0) is 19.5 Å². The van der Waals surface area contributed by atoms with Gasteiger partial charge in [0.05, 0.1) is 0 Å². The fourth-order valence-electron chi connectivity index (χ4n) is 2.39. The van der Waals surface area contributed by atoms with Crippen LogP contribution in [-0.4, -0.2) is 0 Å². The number of rotatable bonds is 0. The van der Waals surface area contributed by atoms with Crippen LogP contribution in [0, 0.1) is 5.41 Å². The van der Waals surface area contributed by atoms with Gasteiger partial charge < -0.3 is 12.4 Å². The summed E-state index contributed by atoms with van der Waals surface area (Å²) in [5.41, 5.74) is 4.76. The summed E-state index contributed by atoms with van der Waals surface area (Å²) >= 11 is 0. The van der Waals surface area contributed by atoms with Crippen LogP contribution in [0.1, 0.15) is 60.3 Å². The van der Waals surface area contributed by atoms with E-state index in [1.165, 1.54) is 42.4 Å². The Kier molecular flexibility index (Phi) is 11.7. The van der Waals surface area contributed by atoms with Gasteiger partial charge in [0.2, 0.25) is 0 Å². The molecule has 0 saturated heterocycles. The summed E-state index contributed by atoms with van der Waals surface area (Å²) in [6.45, 7) is 11.1. The van der Waals surface area contributed by atoms with Gasteiger partial charge in [-0.3, -0.25) is 0 Å². The summed E-state index contributed by atoms with van der Waals surface area (Å²) < 4.78 is 0. The Hall–Kier alpha value is -0.127. The molecule has 2 heteroatoms. The molecule has 0 aromatic rings. The predicted octanol–water partition coefficient (Wildman–Crippen LogP) is 2.98. The summed E-state index contributed by atoms with van der Waals surface area (Å²) in [5, 5.41) is 0. The standard InChI is InChI=1S/C10H16.C8H12.ClH.Ru/c1-7-6-10(4,5)9(3)8(7)2;1-2-4-6-8-7-5-3-1;;/h6H,1-5H3;1-2,7-8H,3-6H2;1H;/p-1. The number of halogens is 1. The van der Waals surface area contributed by atoms with E-state index in [0.29, 0.717) is 5.41 Å². The Morgan fingerprint density at radius 1 is 0.800 bits per heavy atom. The third-order valence-corrected chi connectivity index (χ3v) is 4.03. The maximum atomic E-state index is 2.34. The molecule has 0 bridgehead atoms. The van der Waals surface area contributed by atoms with Crippen LogP contribution in [0.25, 0.3) is 0 Å². The Labute approximate surface area is 144 Å². The fourth-order valence-corrected chi connectivity index (χ4v) is 2.39. The quantitative estimate of drug-likeness (QED) is 0.447. The first-order valence-corrected chi connectivity index (χ1v) is 7.13. The molecule has 20 heavy (non-hydrogen) atoms. The molecule has 2 aliphatic rings. The van der Waals surface area contributed by atoms with Crippen molar-refractivity contribution in [1.29, 1.82) is 0 Å². The minimum absolute atomic E-state index is 0. The van der Waals surface area contributed by atoms with E-state index in [0.717, 1.165) is 0 Å². The smallest absolute Gasteiger partial charge is 0.00430 e. The molecule has 0 amide bonds. The van der Waals surface area contributed by atoms with Crippen molar-refractivity contribution in [3.05, 3.63) is 47.1 Å². The average Bonchev–Trinajstić information content (AvgIpc) is 2.41. The maximum Gasteiger partial charge on any atom is 0.00430 e. The van der Waals surface area contributed by atoms with Gasteiger partial charge in [-0.05, 0) is 52.0 Å². The number of hydrogen-bond donors (Lipinski definition) is 0. The van der Waals surface area contributed by atoms with E-state index >= 15 is 0 Å². The summed E-state index contributed by atoms with van der Waals surface area (Å²) in [7, 11) is 0. The van der Waals surface area contributed by atoms with Crippen LogP contribution in [0.4, 0.5) is 0 Å². The third kappa shape index (κ3) is 7.05. The molecule has 0 radical (unpaired) electrons. The molecule has 0 heterocycles. The van der Waals surface area contributed by atoms with Crippen LogP contribution in [0.3, 0.4) is 0 Å². The van der Waals surface area contributed by atoms with Crippen LogP contribution in [0.15, 0.2) is 47.1 Å². The molecule has 116 valence electrons. The first-order chi connectivity index (χ1) is 8.45. The van der Waals surface area contributed by atoms with Gasteiger partial charge in [0.25, 0.3) is 0 Å². The van der Waals surface area contributed by atoms with Gasteiger partial charge in [-0.15, -0.1) is 0 Å². The van der Waals surface area contributed by atoms with E-state index in [9.17, 15) is 0 Å². The van der Waals surface area contributed by atoms with Gasteiger partial charge in [0.1, 0.15) is 0 Å². The molecule has 0 aromatic heterocycles. The van der Waals surface area contributed by atoms with Crippen LogP contribution < -0.4 is 12.4 Å². The molecule has 0 atom stereocenters. The molecule has 0 saturated carbocycles. The zero-order chi connectivity index (χ0) is 13.6. The average molecular weight is 381 g/mol. The van der Waals surface area contributed by atoms with E-state index < -0.39 is 0 Å². The molecule has 2 rings (SSSR count). The molecular weight excluding hydrogens is 353 g/mol. The van der Waals surface area contributed by atoms with Gasteiger partial charge >= 0.3 is 0 Å². The van der Waals surface area contributed by atoms with Gasteiger partial charge in [-0.25, -0.2) is 0 Å². The van der Waals surface area contributed by atoms with E-state index in [4.69, 9.17) is 0 Å². The summed E-state index contributed by atoms with van der Waals surface area (Å²) in [5.74, 6) is 0. The molecule has 0 N–H and O–H groups in total. The van der Waals surface area contributed by atoms with Crippen molar-refractivity contribution >= 4 is 0 Å². The van der Waals surface area contributed by atoms with E-state index in [-0.39, 0.29) is 31.9 Å². The summed E-state index contributed by atoms with van der Waals surface area (Å²) in [6.07, 6.45) is 16.3. The second-order valence-corrected chi connectivity index (χ2v) is 5.90. The molecular formula is C18H28ClRu-.